The van der Waals surface area contributed by atoms with E-state index in [1.807, 2.05) is 0 Å². The van der Waals surface area contributed by atoms with Gasteiger partial charge in [-0.25, -0.2) is 0 Å². The highest BCUT2D eigenvalue weighted by Crippen LogP contribution is 2.47. The summed E-state index contributed by atoms with van der Waals surface area (Å²) in [5.74, 6) is 0.945. The first-order valence-electron chi connectivity index (χ1n) is 2.20. The molecule has 0 bridgehead atoms. The Bertz CT molecular complexity index is 53.5. The molecule has 2 unspecified atom stereocenters. The van der Waals surface area contributed by atoms with Crippen molar-refractivity contribution in [3.63, 3.8) is 0 Å². The van der Waals surface area contributed by atoms with Crippen LogP contribution in [0.4, 0.5) is 0 Å². The minimum atomic E-state index is 0.678. The summed E-state index contributed by atoms with van der Waals surface area (Å²) in [4.78, 5) is 0. The zero-order valence-electron chi connectivity index (χ0n) is 3.74. The van der Waals surface area contributed by atoms with E-state index >= 15 is 0 Å². The largest absolute Gasteiger partial charge is 0.0998 e. The molecule has 1 fully saturated rings. The van der Waals surface area contributed by atoms with Crippen LogP contribution in [0.5, 0.6) is 0 Å². The fourth-order valence-electron chi connectivity index (χ4n) is 0.474. The molecular weight excluding hydrogens is 114 g/mol. The van der Waals surface area contributed by atoms with Gasteiger partial charge in [-0.15, -0.1) is 0 Å². The quantitative estimate of drug-likeness (QED) is 0.468. The lowest BCUT2D eigenvalue weighted by atomic mass is 10.5. The molecule has 0 amide bonds. The number of rotatable bonds is 1. The van der Waals surface area contributed by atoms with E-state index in [0.29, 0.717) is 7.93 Å². The van der Waals surface area contributed by atoms with Gasteiger partial charge in [-0.2, -0.15) is 0 Å². The molecule has 0 aromatic carbocycles. The molecule has 0 aliphatic heterocycles. The van der Waals surface area contributed by atoms with Crippen molar-refractivity contribution in [2.24, 2.45) is 5.92 Å². The Hall–Kier alpha value is 0.720. The second-order valence-electron chi connectivity index (χ2n) is 1.93. The van der Waals surface area contributed by atoms with Gasteiger partial charge < -0.3 is 0 Å². The van der Waals surface area contributed by atoms with Crippen LogP contribution in [0.1, 0.15) is 13.3 Å². The Labute approximate surface area is 44.8 Å². The fourth-order valence-corrected chi connectivity index (χ4v) is 2.06. The third-order valence-electron chi connectivity index (χ3n) is 1.25. The van der Waals surface area contributed by atoms with Crippen LogP contribution in [0.3, 0.4) is 0 Å². The molecule has 0 heterocycles. The van der Waals surface area contributed by atoms with Gasteiger partial charge in [0.25, 0.3) is 0 Å². The normalized spacial score (nSPS) is 45.0. The van der Waals surface area contributed by atoms with E-state index in [0.717, 1.165) is 11.6 Å². The molecular formula is C4H8ClP. The van der Waals surface area contributed by atoms with Gasteiger partial charge in [0.2, 0.25) is 0 Å². The van der Waals surface area contributed by atoms with E-state index in [-0.39, 0.29) is 0 Å². The third-order valence-corrected chi connectivity index (χ3v) is 3.18. The summed E-state index contributed by atoms with van der Waals surface area (Å²) in [6, 6.07) is 0. The first kappa shape index (κ1) is 4.87. The lowest BCUT2D eigenvalue weighted by Gasteiger charge is -1.77. The highest BCUT2D eigenvalue weighted by molar-refractivity contribution is 7.69. The van der Waals surface area contributed by atoms with Gasteiger partial charge in [0.05, 0.1) is 0 Å². The predicted octanol–water partition coefficient (Wildman–Crippen LogP) is 2.23. The van der Waals surface area contributed by atoms with Crippen molar-refractivity contribution in [2.45, 2.75) is 19.0 Å². The standard InChI is InChI=1S/C4H8ClP/c1-3-2-4(3)6-5/h3-4,6H,2H2,1H3/t3-,4?/m1/s1. The highest BCUT2D eigenvalue weighted by Gasteiger charge is 2.31. The number of hydrogen-bond donors (Lipinski definition) is 0. The van der Waals surface area contributed by atoms with Crippen LogP contribution in [0.2, 0.25) is 0 Å². The second-order valence-corrected chi connectivity index (χ2v) is 3.54. The van der Waals surface area contributed by atoms with Crippen molar-refractivity contribution in [1.82, 2.24) is 0 Å². The predicted molar refractivity (Wildman–Crippen MR) is 31.7 cm³/mol. The van der Waals surface area contributed by atoms with Crippen LogP contribution in [0, 0.1) is 5.92 Å². The first-order valence-corrected chi connectivity index (χ1v) is 4.29. The summed E-state index contributed by atoms with van der Waals surface area (Å²) >= 11 is 5.52. The smallest absolute Gasteiger partial charge is 0.00692 e. The second kappa shape index (κ2) is 1.68. The number of hydrogen-bond acceptors (Lipinski definition) is 0. The molecule has 1 rings (SSSR count). The van der Waals surface area contributed by atoms with Crippen LogP contribution >= 0.6 is 19.2 Å². The zero-order chi connectivity index (χ0) is 4.57. The summed E-state index contributed by atoms with van der Waals surface area (Å²) in [7, 11) is 0.678. The van der Waals surface area contributed by atoms with Gasteiger partial charge >= 0.3 is 0 Å². The minimum Gasteiger partial charge on any atom is -0.0998 e. The monoisotopic (exact) mass is 122 g/mol. The van der Waals surface area contributed by atoms with Gasteiger partial charge in [-0.3, -0.25) is 0 Å². The molecule has 2 heteroatoms. The van der Waals surface area contributed by atoms with Crippen molar-refractivity contribution < 1.29 is 0 Å². The number of halogens is 1. The third kappa shape index (κ3) is 0.859. The van der Waals surface area contributed by atoms with Gasteiger partial charge in [0.1, 0.15) is 0 Å². The van der Waals surface area contributed by atoms with Crippen LogP contribution in [0.15, 0.2) is 0 Å². The Morgan fingerprint density at radius 2 is 2.33 bits per heavy atom. The van der Waals surface area contributed by atoms with Crippen LogP contribution in [-0.2, 0) is 0 Å². The molecule has 0 radical (unpaired) electrons. The molecule has 36 valence electrons. The lowest BCUT2D eigenvalue weighted by molar-refractivity contribution is 0.987. The van der Waals surface area contributed by atoms with E-state index in [9.17, 15) is 0 Å². The Balaban J connectivity index is 2.09. The fraction of sp³-hybridized carbons (Fsp3) is 1.00. The molecule has 0 spiro atoms. The van der Waals surface area contributed by atoms with Gasteiger partial charge in [0.15, 0.2) is 0 Å². The minimum absolute atomic E-state index is 0.678. The van der Waals surface area contributed by atoms with Crippen LogP contribution in [0.25, 0.3) is 0 Å². The van der Waals surface area contributed by atoms with Crippen molar-refractivity contribution in [1.29, 1.82) is 0 Å². The molecule has 1 aliphatic rings. The van der Waals surface area contributed by atoms with E-state index < -0.39 is 0 Å². The Morgan fingerprint density at radius 3 is 2.33 bits per heavy atom. The van der Waals surface area contributed by atoms with Crippen molar-refractivity contribution >= 4 is 19.2 Å². The highest BCUT2D eigenvalue weighted by atomic mass is 35.7. The van der Waals surface area contributed by atoms with Gasteiger partial charge in [-0.1, -0.05) is 18.2 Å². The zero-order valence-corrected chi connectivity index (χ0v) is 5.50. The molecule has 0 saturated heterocycles. The summed E-state index contributed by atoms with van der Waals surface area (Å²) in [6.45, 7) is 2.25. The van der Waals surface area contributed by atoms with E-state index in [1.165, 1.54) is 6.42 Å². The lowest BCUT2D eigenvalue weighted by Crippen LogP contribution is -1.63. The summed E-state index contributed by atoms with van der Waals surface area (Å²) in [5, 5.41) is 0. The molecule has 3 atom stereocenters. The maximum absolute atomic E-state index is 5.52. The summed E-state index contributed by atoms with van der Waals surface area (Å²) in [6.07, 6.45) is 1.38. The molecule has 1 aliphatic carbocycles. The van der Waals surface area contributed by atoms with Crippen LogP contribution in [-0.4, -0.2) is 5.66 Å². The van der Waals surface area contributed by atoms with E-state index in [1.54, 1.807) is 0 Å². The van der Waals surface area contributed by atoms with Gasteiger partial charge in [-0.05, 0) is 25.9 Å². The topological polar surface area (TPSA) is 0 Å². The SMILES string of the molecule is C[C@@H]1CC1PCl. The maximum atomic E-state index is 5.52. The maximum Gasteiger partial charge on any atom is -0.00692 e. The van der Waals surface area contributed by atoms with Crippen LogP contribution < -0.4 is 0 Å². The van der Waals surface area contributed by atoms with E-state index in [4.69, 9.17) is 11.2 Å². The molecule has 0 aromatic rings. The Morgan fingerprint density at radius 1 is 1.83 bits per heavy atom. The molecule has 0 N–H and O–H groups in total. The molecule has 0 aromatic heterocycles. The average Bonchev–Trinajstić information content (AvgIpc) is 2.19. The van der Waals surface area contributed by atoms with Crippen molar-refractivity contribution in [3.8, 4) is 0 Å². The average molecular weight is 123 g/mol. The Kier molecular flexibility index (Phi) is 1.36. The van der Waals surface area contributed by atoms with Crippen molar-refractivity contribution in [3.05, 3.63) is 0 Å². The van der Waals surface area contributed by atoms with Crippen molar-refractivity contribution in [2.75, 3.05) is 0 Å². The van der Waals surface area contributed by atoms with E-state index in [2.05, 4.69) is 6.92 Å². The van der Waals surface area contributed by atoms with Gasteiger partial charge in [0, 0.05) is 0 Å². The first-order chi connectivity index (χ1) is 2.84. The summed E-state index contributed by atoms with van der Waals surface area (Å²) < 4.78 is 0. The molecule has 1 saturated carbocycles. The molecule has 0 nitrogen and oxygen atoms in total. The molecule has 6 heavy (non-hydrogen) atoms. The summed E-state index contributed by atoms with van der Waals surface area (Å²) in [5.41, 5.74) is 0.895.